The molecule has 0 aliphatic carbocycles. The Bertz CT molecular complexity index is 838. The van der Waals surface area contributed by atoms with Crippen LogP contribution in [0.15, 0.2) is 48.5 Å². The highest BCUT2D eigenvalue weighted by atomic mass is 16.5. The minimum atomic E-state index is -0.499. The minimum absolute atomic E-state index is 0.0466. The second-order valence-corrected chi connectivity index (χ2v) is 6.74. The highest BCUT2D eigenvalue weighted by Gasteiger charge is 2.20. The third kappa shape index (κ3) is 8.20. The van der Waals surface area contributed by atoms with Gasteiger partial charge in [-0.05, 0) is 50.1 Å². The number of ether oxygens (including phenoxy) is 4. The molecule has 168 valence electrons. The number of esters is 1. The van der Waals surface area contributed by atoms with Gasteiger partial charge < -0.3 is 24.3 Å². The lowest BCUT2D eigenvalue weighted by Gasteiger charge is -2.19. The van der Waals surface area contributed by atoms with Crippen LogP contribution in [-0.2, 0) is 14.3 Å². The molecule has 0 spiro atoms. The molecule has 1 unspecified atom stereocenters. The van der Waals surface area contributed by atoms with Crippen molar-refractivity contribution in [3.63, 3.8) is 0 Å². The second kappa shape index (κ2) is 13.2. The number of benzene rings is 2. The van der Waals surface area contributed by atoms with Gasteiger partial charge in [0.25, 0.3) is 0 Å². The Morgan fingerprint density at radius 3 is 2.39 bits per heavy atom. The minimum Gasteiger partial charge on any atom is -0.497 e. The van der Waals surface area contributed by atoms with Gasteiger partial charge in [0.2, 0.25) is 5.91 Å². The fourth-order valence-corrected chi connectivity index (χ4v) is 3.02. The summed E-state index contributed by atoms with van der Waals surface area (Å²) >= 11 is 0. The van der Waals surface area contributed by atoms with Crippen LogP contribution >= 0.6 is 0 Å². The molecule has 1 N–H and O–H groups in total. The van der Waals surface area contributed by atoms with E-state index in [9.17, 15) is 9.59 Å². The van der Waals surface area contributed by atoms with Crippen LogP contribution in [0.5, 0.6) is 17.2 Å². The predicted molar refractivity (Wildman–Crippen MR) is 117 cm³/mol. The third-order valence-corrected chi connectivity index (χ3v) is 4.46. The molecule has 0 fully saturated rings. The summed E-state index contributed by atoms with van der Waals surface area (Å²) in [6, 6.07) is 14.2. The van der Waals surface area contributed by atoms with Crippen molar-refractivity contribution in [1.29, 1.82) is 0 Å². The molecule has 1 atom stereocenters. The van der Waals surface area contributed by atoms with Gasteiger partial charge in [-0.25, -0.2) is 0 Å². The lowest BCUT2D eigenvalue weighted by atomic mass is 10.0. The Morgan fingerprint density at radius 2 is 1.71 bits per heavy atom. The number of carbonyl (C=O) groups excluding carboxylic acids is 2. The van der Waals surface area contributed by atoms with Crippen LogP contribution < -0.4 is 19.5 Å². The van der Waals surface area contributed by atoms with E-state index in [2.05, 4.69) is 5.32 Å². The Hall–Kier alpha value is -3.22. The number of methoxy groups -OCH3 is 1. The molecule has 1 amide bonds. The van der Waals surface area contributed by atoms with Crippen LogP contribution in [0.3, 0.4) is 0 Å². The zero-order chi connectivity index (χ0) is 22.5. The van der Waals surface area contributed by atoms with Crippen LogP contribution in [0.4, 0.5) is 0 Å². The number of hydrogen-bond donors (Lipinski definition) is 1. The lowest BCUT2D eigenvalue weighted by molar-refractivity contribution is -0.143. The van der Waals surface area contributed by atoms with Crippen LogP contribution in [0, 0.1) is 0 Å². The summed E-state index contributed by atoms with van der Waals surface area (Å²) in [6.45, 7) is 4.88. The van der Waals surface area contributed by atoms with E-state index in [4.69, 9.17) is 18.9 Å². The molecule has 0 heterocycles. The molecule has 0 saturated heterocycles. The largest absolute Gasteiger partial charge is 0.497 e. The summed E-state index contributed by atoms with van der Waals surface area (Å²) in [5.74, 6) is 1.45. The fourth-order valence-electron chi connectivity index (χ4n) is 3.02. The molecule has 0 aliphatic heterocycles. The Balaban J connectivity index is 1.91. The number of rotatable bonds is 13. The van der Waals surface area contributed by atoms with Gasteiger partial charge in [-0.3, -0.25) is 9.59 Å². The number of amides is 1. The van der Waals surface area contributed by atoms with E-state index in [0.29, 0.717) is 36.9 Å². The standard InChI is InChI=1S/C24H31NO6/c1-4-29-21-12-6-7-13-22(21)31-15-9-14-23(26)25-20(17-24(27)30-5-2)18-10-8-11-19(16-18)28-3/h6-8,10-13,16,20H,4-5,9,14-15,17H2,1-3H3,(H,25,26). The van der Waals surface area contributed by atoms with Gasteiger partial charge in [0.1, 0.15) is 5.75 Å². The first kappa shape index (κ1) is 24.1. The van der Waals surface area contributed by atoms with Crippen LogP contribution in [0.25, 0.3) is 0 Å². The van der Waals surface area contributed by atoms with E-state index in [-0.39, 0.29) is 31.3 Å². The van der Waals surface area contributed by atoms with Crippen LogP contribution in [0.1, 0.15) is 44.7 Å². The molecule has 0 aromatic heterocycles. The molecule has 2 rings (SSSR count). The molecule has 2 aromatic rings. The average Bonchev–Trinajstić information content (AvgIpc) is 2.77. The SMILES string of the molecule is CCOC(=O)CC(NC(=O)CCCOc1ccccc1OCC)c1cccc(OC)c1. The first-order valence-corrected chi connectivity index (χ1v) is 10.5. The summed E-state index contributed by atoms with van der Waals surface area (Å²) in [7, 11) is 1.57. The zero-order valence-corrected chi connectivity index (χ0v) is 18.4. The van der Waals surface area contributed by atoms with E-state index in [1.807, 2.05) is 49.4 Å². The zero-order valence-electron chi connectivity index (χ0n) is 18.4. The molecule has 7 nitrogen and oxygen atoms in total. The summed E-state index contributed by atoms with van der Waals surface area (Å²) in [6.07, 6.45) is 0.835. The molecule has 0 saturated carbocycles. The van der Waals surface area contributed by atoms with Crippen molar-refractivity contribution in [2.45, 2.75) is 39.2 Å². The van der Waals surface area contributed by atoms with Gasteiger partial charge in [0.15, 0.2) is 11.5 Å². The molecule has 0 bridgehead atoms. The van der Waals surface area contributed by atoms with Crippen molar-refractivity contribution in [1.82, 2.24) is 5.32 Å². The molecular weight excluding hydrogens is 398 g/mol. The van der Waals surface area contributed by atoms with Gasteiger partial charge in [0, 0.05) is 6.42 Å². The highest BCUT2D eigenvalue weighted by Crippen LogP contribution is 2.26. The van der Waals surface area contributed by atoms with Gasteiger partial charge in [-0.15, -0.1) is 0 Å². The van der Waals surface area contributed by atoms with Crippen LogP contribution in [0.2, 0.25) is 0 Å². The maximum absolute atomic E-state index is 12.5. The normalized spacial score (nSPS) is 11.3. The molecule has 2 aromatic carbocycles. The predicted octanol–water partition coefficient (Wildman–Crippen LogP) is 4.06. The number of carbonyl (C=O) groups is 2. The van der Waals surface area contributed by atoms with E-state index >= 15 is 0 Å². The summed E-state index contributed by atoms with van der Waals surface area (Å²) in [4.78, 5) is 24.6. The topological polar surface area (TPSA) is 83.1 Å². The van der Waals surface area contributed by atoms with Crippen molar-refractivity contribution in [2.75, 3.05) is 26.9 Å². The Morgan fingerprint density at radius 1 is 0.968 bits per heavy atom. The Labute approximate surface area is 183 Å². The van der Waals surface area contributed by atoms with E-state index in [0.717, 1.165) is 5.56 Å². The fraction of sp³-hybridized carbons (Fsp3) is 0.417. The van der Waals surface area contributed by atoms with Gasteiger partial charge in [-0.2, -0.15) is 0 Å². The maximum atomic E-state index is 12.5. The third-order valence-electron chi connectivity index (χ3n) is 4.46. The van der Waals surface area contributed by atoms with E-state index in [1.54, 1.807) is 20.1 Å². The van der Waals surface area contributed by atoms with Crippen LogP contribution in [-0.4, -0.2) is 38.8 Å². The van der Waals surface area contributed by atoms with Crippen molar-refractivity contribution in [3.8, 4) is 17.2 Å². The monoisotopic (exact) mass is 429 g/mol. The second-order valence-electron chi connectivity index (χ2n) is 6.74. The molecule has 31 heavy (non-hydrogen) atoms. The number of nitrogens with one attached hydrogen (secondary N) is 1. The lowest BCUT2D eigenvalue weighted by Crippen LogP contribution is -2.30. The van der Waals surface area contributed by atoms with Crippen molar-refractivity contribution in [2.24, 2.45) is 0 Å². The molecule has 0 aliphatic rings. The summed E-state index contributed by atoms with van der Waals surface area (Å²) in [5, 5.41) is 2.93. The molecule has 0 radical (unpaired) electrons. The van der Waals surface area contributed by atoms with Gasteiger partial charge >= 0.3 is 5.97 Å². The highest BCUT2D eigenvalue weighted by molar-refractivity contribution is 5.78. The molecular formula is C24H31NO6. The van der Waals surface area contributed by atoms with Crippen molar-refractivity contribution in [3.05, 3.63) is 54.1 Å². The summed E-state index contributed by atoms with van der Waals surface area (Å²) < 4.78 is 21.6. The average molecular weight is 430 g/mol. The van der Waals surface area contributed by atoms with Gasteiger partial charge in [0.05, 0.1) is 39.4 Å². The van der Waals surface area contributed by atoms with E-state index < -0.39 is 6.04 Å². The maximum Gasteiger partial charge on any atom is 0.308 e. The Kier molecular flexibility index (Phi) is 10.2. The first-order valence-electron chi connectivity index (χ1n) is 10.5. The number of para-hydroxylation sites is 2. The van der Waals surface area contributed by atoms with Crippen molar-refractivity contribution < 1.29 is 28.5 Å². The molecule has 7 heteroatoms. The first-order chi connectivity index (χ1) is 15.1. The smallest absolute Gasteiger partial charge is 0.308 e. The van der Waals surface area contributed by atoms with Gasteiger partial charge in [-0.1, -0.05) is 24.3 Å². The summed E-state index contributed by atoms with van der Waals surface area (Å²) in [5.41, 5.74) is 0.780. The van der Waals surface area contributed by atoms with Crippen molar-refractivity contribution >= 4 is 11.9 Å². The van der Waals surface area contributed by atoms with E-state index in [1.165, 1.54) is 0 Å². The number of hydrogen-bond acceptors (Lipinski definition) is 6. The quantitative estimate of drug-likeness (QED) is 0.382.